The van der Waals surface area contributed by atoms with Crippen LogP contribution in [0, 0.1) is 0 Å². The number of piperidine rings is 1. The van der Waals surface area contributed by atoms with Crippen LogP contribution in [0.2, 0.25) is 0 Å². The Labute approximate surface area is 210 Å². The number of benzene rings is 3. The number of carboxylic acids is 1. The number of hydrogen-bond donors (Lipinski definition) is 2. The van der Waals surface area contributed by atoms with Crippen molar-refractivity contribution in [3.05, 3.63) is 72.3 Å². The maximum Gasteiger partial charge on any atom is 0.490 e. The number of fused-ring (bicyclic) bond motifs is 2. The van der Waals surface area contributed by atoms with Crippen LogP contribution in [-0.4, -0.2) is 69.2 Å². The summed E-state index contributed by atoms with van der Waals surface area (Å²) in [7, 11) is 0. The number of nitrogens with zero attached hydrogens (tertiary/aromatic N) is 4. The van der Waals surface area contributed by atoms with Gasteiger partial charge in [0, 0.05) is 31.7 Å². The van der Waals surface area contributed by atoms with Gasteiger partial charge in [0.15, 0.2) is 0 Å². The maximum atomic E-state index is 12.5. The highest BCUT2D eigenvalue weighted by Crippen LogP contribution is 2.25. The molecule has 0 bridgehead atoms. The second kappa shape index (κ2) is 11.4. The van der Waals surface area contributed by atoms with Crippen molar-refractivity contribution in [1.82, 2.24) is 25.2 Å². The first-order valence-corrected chi connectivity index (χ1v) is 11.8. The van der Waals surface area contributed by atoms with Crippen molar-refractivity contribution in [3.63, 3.8) is 0 Å². The summed E-state index contributed by atoms with van der Waals surface area (Å²) in [6, 6.07) is 22.5. The molecule has 1 aliphatic rings. The van der Waals surface area contributed by atoms with Gasteiger partial charge in [-0.25, -0.2) is 9.48 Å². The second-order valence-electron chi connectivity index (χ2n) is 8.72. The topological polar surface area (TPSA) is 100 Å². The molecule has 2 N–H and O–H groups in total. The van der Waals surface area contributed by atoms with Crippen molar-refractivity contribution in [2.45, 2.75) is 25.1 Å². The van der Waals surface area contributed by atoms with Crippen LogP contribution in [0.3, 0.4) is 0 Å². The van der Waals surface area contributed by atoms with E-state index in [1.165, 1.54) is 0 Å². The zero-order valence-electron chi connectivity index (χ0n) is 19.9. The Morgan fingerprint density at radius 1 is 0.973 bits per heavy atom. The van der Waals surface area contributed by atoms with Crippen molar-refractivity contribution >= 4 is 33.7 Å². The molecule has 0 radical (unpaired) electrons. The van der Waals surface area contributed by atoms with Gasteiger partial charge in [0.2, 0.25) is 0 Å². The molecule has 3 aromatic carbocycles. The number of aromatic nitrogens is 3. The van der Waals surface area contributed by atoms with Crippen LogP contribution in [-0.2, 0) is 4.79 Å². The molecular formula is C26H26F3N5O3. The molecular weight excluding hydrogens is 487 g/mol. The van der Waals surface area contributed by atoms with Crippen molar-refractivity contribution in [3.8, 4) is 0 Å². The number of amides is 1. The van der Waals surface area contributed by atoms with Gasteiger partial charge in [-0.15, -0.1) is 5.10 Å². The summed E-state index contributed by atoms with van der Waals surface area (Å²) < 4.78 is 33.8. The van der Waals surface area contributed by atoms with E-state index in [4.69, 9.17) is 9.90 Å². The Kier molecular flexibility index (Phi) is 8.02. The Morgan fingerprint density at radius 3 is 2.32 bits per heavy atom. The summed E-state index contributed by atoms with van der Waals surface area (Å²) in [5, 5.41) is 21.1. The van der Waals surface area contributed by atoms with Crippen LogP contribution in [0.25, 0.3) is 21.8 Å². The molecule has 0 saturated carbocycles. The monoisotopic (exact) mass is 513 g/mol. The fourth-order valence-electron chi connectivity index (χ4n) is 4.30. The quantitative estimate of drug-likeness (QED) is 0.413. The zero-order valence-corrected chi connectivity index (χ0v) is 19.9. The Bertz CT molecular complexity index is 1380. The van der Waals surface area contributed by atoms with E-state index in [9.17, 15) is 18.0 Å². The minimum Gasteiger partial charge on any atom is -0.475 e. The first-order valence-electron chi connectivity index (χ1n) is 11.8. The molecule has 37 heavy (non-hydrogen) atoms. The predicted octanol–water partition coefficient (Wildman–Crippen LogP) is 4.28. The zero-order chi connectivity index (χ0) is 26.4. The molecule has 1 aliphatic heterocycles. The third-order valence-electron chi connectivity index (χ3n) is 6.25. The lowest BCUT2D eigenvalue weighted by Crippen LogP contribution is -2.40. The number of carbonyl (C=O) groups excluding carboxylic acids is 1. The second-order valence-corrected chi connectivity index (χ2v) is 8.72. The molecule has 1 fully saturated rings. The van der Waals surface area contributed by atoms with Gasteiger partial charge >= 0.3 is 12.1 Å². The van der Waals surface area contributed by atoms with Gasteiger partial charge in [0.1, 0.15) is 5.52 Å². The van der Waals surface area contributed by atoms with E-state index in [0.717, 1.165) is 54.3 Å². The van der Waals surface area contributed by atoms with Crippen LogP contribution >= 0.6 is 0 Å². The molecule has 1 amide bonds. The van der Waals surface area contributed by atoms with Crippen LogP contribution < -0.4 is 5.32 Å². The first kappa shape index (κ1) is 26.1. The summed E-state index contributed by atoms with van der Waals surface area (Å²) in [4.78, 5) is 23.8. The summed E-state index contributed by atoms with van der Waals surface area (Å²) in [5.74, 6) is -2.77. The van der Waals surface area contributed by atoms with E-state index in [-0.39, 0.29) is 5.91 Å². The third kappa shape index (κ3) is 6.62. The molecule has 5 rings (SSSR count). The van der Waals surface area contributed by atoms with Crippen molar-refractivity contribution in [1.29, 1.82) is 0 Å². The summed E-state index contributed by atoms with van der Waals surface area (Å²) in [5.41, 5.74) is 2.78. The van der Waals surface area contributed by atoms with Crippen LogP contribution in [0.15, 0.2) is 66.7 Å². The average molecular weight is 514 g/mol. The molecule has 1 saturated heterocycles. The fourth-order valence-corrected chi connectivity index (χ4v) is 4.30. The van der Waals surface area contributed by atoms with E-state index in [2.05, 4.69) is 37.3 Å². The van der Waals surface area contributed by atoms with Gasteiger partial charge in [-0.05, 0) is 47.9 Å². The van der Waals surface area contributed by atoms with E-state index in [0.29, 0.717) is 18.2 Å². The molecule has 0 unspecified atom stereocenters. The molecule has 1 aromatic heterocycles. The van der Waals surface area contributed by atoms with Crippen molar-refractivity contribution < 1.29 is 27.9 Å². The van der Waals surface area contributed by atoms with Crippen molar-refractivity contribution in [2.24, 2.45) is 0 Å². The smallest absolute Gasteiger partial charge is 0.475 e. The number of halogens is 3. The van der Waals surface area contributed by atoms with E-state index >= 15 is 0 Å². The van der Waals surface area contributed by atoms with Gasteiger partial charge in [0.25, 0.3) is 5.91 Å². The number of para-hydroxylation sites is 1. The molecule has 2 heterocycles. The van der Waals surface area contributed by atoms with Gasteiger partial charge in [-0.1, -0.05) is 47.7 Å². The van der Waals surface area contributed by atoms with Gasteiger partial charge < -0.3 is 15.3 Å². The average Bonchev–Trinajstić information content (AvgIpc) is 3.33. The Hall–Kier alpha value is -3.99. The lowest BCUT2D eigenvalue weighted by atomic mass is 10.0. The summed E-state index contributed by atoms with van der Waals surface area (Å²) in [6.07, 6.45) is -2.99. The predicted molar refractivity (Wildman–Crippen MR) is 132 cm³/mol. The number of alkyl halides is 3. The van der Waals surface area contributed by atoms with E-state index < -0.39 is 12.1 Å². The van der Waals surface area contributed by atoms with Crippen LogP contribution in [0.4, 0.5) is 13.2 Å². The molecule has 8 nitrogen and oxygen atoms in total. The van der Waals surface area contributed by atoms with Crippen LogP contribution in [0.1, 0.15) is 29.2 Å². The molecule has 194 valence electrons. The molecule has 0 atom stereocenters. The highest BCUT2D eigenvalue weighted by molar-refractivity contribution is 5.98. The normalized spacial score (nSPS) is 14.8. The molecule has 4 aromatic rings. The molecule has 0 aliphatic carbocycles. The third-order valence-corrected chi connectivity index (χ3v) is 6.25. The first-order chi connectivity index (χ1) is 17.7. The number of hydrogen-bond acceptors (Lipinski definition) is 5. The summed E-state index contributed by atoms with van der Waals surface area (Å²) in [6.45, 7) is 3.53. The fraction of sp³-hybridized carbons (Fsp3) is 0.308. The van der Waals surface area contributed by atoms with E-state index in [1.54, 1.807) is 0 Å². The SMILES string of the molecule is O=C(NCCN1CCC(n2nnc3ccccc32)CC1)c1ccc2ccccc2c1.O=C(O)C(F)(F)F. The number of carbonyl (C=O) groups is 2. The lowest BCUT2D eigenvalue weighted by Gasteiger charge is -2.32. The number of aliphatic carboxylic acids is 1. The van der Waals surface area contributed by atoms with E-state index in [1.807, 2.05) is 54.6 Å². The number of carboxylic acid groups (broad SMARTS) is 1. The van der Waals surface area contributed by atoms with Gasteiger partial charge in [-0.2, -0.15) is 13.2 Å². The van der Waals surface area contributed by atoms with Gasteiger partial charge in [-0.3, -0.25) is 4.79 Å². The summed E-state index contributed by atoms with van der Waals surface area (Å²) >= 11 is 0. The Morgan fingerprint density at radius 2 is 1.62 bits per heavy atom. The maximum absolute atomic E-state index is 12.5. The number of nitrogens with one attached hydrogen (secondary N) is 1. The molecule has 11 heteroatoms. The largest absolute Gasteiger partial charge is 0.490 e. The highest BCUT2D eigenvalue weighted by atomic mass is 19.4. The number of rotatable bonds is 5. The minimum atomic E-state index is -5.08. The lowest BCUT2D eigenvalue weighted by molar-refractivity contribution is -0.192. The van der Waals surface area contributed by atoms with Gasteiger partial charge in [0.05, 0.1) is 11.6 Å². The van der Waals surface area contributed by atoms with Crippen LogP contribution in [0.5, 0.6) is 0 Å². The number of likely N-dealkylation sites (tertiary alicyclic amines) is 1. The van der Waals surface area contributed by atoms with Crippen molar-refractivity contribution in [2.75, 3.05) is 26.2 Å². The standard InChI is InChI=1S/C24H25N5O.C2HF3O2/c30-24(20-10-9-18-5-1-2-6-19(18)17-20)25-13-16-28-14-11-21(12-15-28)29-23-8-4-3-7-22(23)26-27-29;3-2(4,5)1(6)7/h1-10,17,21H,11-16H2,(H,25,30);(H,6,7). The Balaban J connectivity index is 0.000000405. The highest BCUT2D eigenvalue weighted by Gasteiger charge is 2.38. The minimum absolute atomic E-state index is 0.00951. The molecule has 0 spiro atoms.